The number of nitrogens with one attached hydrogen (secondary N) is 1. The number of hydrogen-bond donors (Lipinski definition) is 1. The van der Waals surface area contributed by atoms with E-state index in [1.165, 1.54) is 22.9 Å². The summed E-state index contributed by atoms with van der Waals surface area (Å²) in [5.41, 5.74) is 0.870. The van der Waals surface area contributed by atoms with Gasteiger partial charge in [0.05, 0.1) is 5.02 Å². The Morgan fingerprint density at radius 1 is 1.19 bits per heavy atom. The molecule has 0 saturated carbocycles. The van der Waals surface area contributed by atoms with Crippen LogP contribution in [0, 0.1) is 11.6 Å². The maximum absolute atomic E-state index is 13.7. The minimum atomic E-state index is -0.564. The van der Waals surface area contributed by atoms with E-state index >= 15 is 0 Å². The van der Waals surface area contributed by atoms with Crippen LogP contribution in [0.4, 0.5) is 8.78 Å². The molecule has 5 nitrogen and oxygen atoms in total. The smallest absolute Gasteiger partial charge is 0.242 e. The lowest BCUT2D eigenvalue weighted by Crippen LogP contribution is -2.28. The summed E-state index contributed by atoms with van der Waals surface area (Å²) >= 11 is 5.70. The maximum Gasteiger partial charge on any atom is 0.242 e. The molecule has 0 atom stereocenters. The van der Waals surface area contributed by atoms with E-state index in [0.717, 1.165) is 0 Å². The van der Waals surface area contributed by atoms with Crippen LogP contribution in [-0.4, -0.2) is 20.7 Å². The van der Waals surface area contributed by atoms with Gasteiger partial charge in [-0.2, -0.15) is 5.10 Å². The van der Waals surface area contributed by atoms with Gasteiger partial charge >= 0.3 is 0 Å². The Hall–Kier alpha value is -2.80. The number of benzene rings is 2. The van der Waals surface area contributed by atoms with Gasteiger partial charge in [0.15, 0.2) is 5.82 Å². The monoisotopic (exact) mass is 390 g/mol. The fraction of sp³-hybridized carbons (Fsp3) is 0.211. The Morgan fingerprint density at radius 2 is 1.96 bits per heavy atom. The second-order valence-corrected chi connectivity index (χ2v) is 6.27. The molecule has 1 N–H and O–H groups in total. The molecule has 1 amide bonds. The van der Waals surface area contributed by atoms with Gasteiger partial charge in [-0.05, 0) is 24.3 Å². The Morgan fingerprint density at radius 3 is 2.67 bits per heavy atom. The minimum Gasteiger partial charge on any atom is -0.350 e. The third-order valence-corrected chi connectivity index (χ3v) is 4.28. The molecular weight excluding hydrogens is 374 g/mol. The molecule has 27 heavy (non-hydrogen) atoms. The summed E-state index contributed by atoms with van der Waals surface area (Å²) in [6.45, 7) is 1.89. The van der Waals surface area contributed by atoms with Gasteiger partial charge < -0.3 is 5.32 Å². The summed E-state index contributed by atoms with van der Waals surface area (Å²) < 4.78 is 28.7. The summed E-state index contributed by atoms with van der Waals surface area (Å²) in [5.74, 6) is -0.372. The topological polar surface area (TPSA) is 59.8 Å². The van der Waals surface area contributed by atoms with Gasteiger partial charge in [0.25, 0.3) is 0 Å². The van der Waals surface area contributed by atoms with Crippen molar-refractivity contribution in [3.8, 4) is 11.4 Å². The van der Waals surface area contributed by atoms with Crippen LogP contribution in [0.3, 0.4) is 0 Å². The summed E-state index contributed by atoms with van der Waals surface area (Å²) in [6.07, 6.45) is 0.545. The van der Waals surface area contributed by atoms with Crippen LogP contribution in [0.25, 0.3) is 11.4 Å². The Bertz CT molecular complexity index is 974. The number of carbonyl (C=O) groups is 1. The van der Waals surface area contributed by atoms with Crippen molar-refractivity contribution in [2.45, 2.75) is 26.4 Å². The van der Waals surface area contributed by atoms with Crippen LogP contribution < -0.4 is 5.32 Å². The zero-order valence-electron chi connectivity index (χ0n) is 14.5. The number of aryl methyl sites for hydroxylation is 1. The first-order valence-electron chi connectivity index (χ1n) is 8.37. The van der Waals surface area contributed by atoms with Crippen molar-refractivity contribution in [3.63, 3.8) is 0 Å². The number of aromatic nitrogens is 3. The predicted octanol–water partition coefficient (Wildman–Crippen LogP) is 3.76. The predicted molar refractivity (Wildman–Crippen MR) is 98.1 cm³/mol. The van der Waals surface area contributed by atoms with E-state index in [4.69, 9.17) is 11.6 Å². The van der Waals surface area contributed by atoms with Crippen molar-refractivity contribution in [1.82, 2.24) is 20.1 Å². The number of amides is 1. The molecule has 3 aromatic rings. The number of rotatable bonds is 6. The molecule has 0 bridgehead atoms. The van der Waals surface area contributed by atoms with Gasteiger partial charge in [-0.15, -0.1) is 0 Å². The SMILES string of the molecule is CCc1nc(-c2ccc(Cl)c(F)c2)nn1CC(=O)NCc1ccccc1F. The van der Waals surface area contributed by atoms with E-state index in [2.05, 4.69) is 15.4 Å². The van der Waals surface area contributed by atoms with E-state index < -0.39 is 5.82 Å². The van der Waals surface area contributed by atoms with Crippen LogP contribution in [0.1, 0.15) is 18.3 Å². The third-order valence-electron chi connectivity index (χ3n) is 3.97. The van der Waals surface area contributed by atoms with Crippen molar-refractivity contribution < 1.29 is 13.6 Å². The Balaban J connectivity index is 1.72. The average molecular weight is 391 g/mol. The molecule has 0 aliphatic heterocycles. The average Bonchev–Trinajstić information content (AvgIpc) is 3.06. The molecule has 2 aromatic carbocycles. The fourth-order valence-electron chi connectivity index (χ4n) is 2.55. The van der Waals surface area contributed by atoms with E-state index in [1.807, 2.05) is 6.92 Å². The van der Waals surface area contributed by atoms with Crippen LogP contribution >= 0.6 is 11.6 Å². The highest BCUT2D eigenvalue weighted by Crippen LogP contribution is 2.22. The molecule has 8 heteroatoms. The number of nitrogens with zero attached hydrogens (tertiary/aromatic N) is 3. The summed E-state index contributed by atoms with van der Waals surface area (Å²) in [4.78, 5) is 16.6. The molecule has 0 fully saturated rings. The number of carbonyl (C=O) groups excluding carboxylic acids is 1. The first-order chi connectivity index (χ1) is 13.0. The molecule has 1 heterocycles. The minimum absolute atomic E-state index is 0.0152. The quantitative estimate of drug-likeness (QED) is 0.697. The summed E-state index contributed by atoms with van der Waals surface area (Å²) in [6, 6.07) is 10.5. The summed E-state index contributed by atoms with van der Waals surface area (Å²) in [7, 11) is 0. The van der Waals surface area contributed by atoms with E-state index in [9.17, 15) is 13.6 Å². The molecule has 3 rings (SSSR count). The summed E-state index contributed by atoms with van der Waals surface area (Å²) in [5, 5.41) is 6.97. The van der Waals surface area contributed by atoms with Gasteiger partial charge in [-0.1, -0.05) is 36.7 Å². The molecule has 140 valence electrons. The van der Waals surface area contributed by atoms with Gasteiger partial charge in [-0.3, -0.25) is 4.79 Å². The molecular formula is C19H17ClF2N4O. The highest BCUT2D eigenvalue weighted by Gasteiger charge is 2.14. The van der Waals surface area contributed by atoms with E-state index in [0.29, 0.717) is 29.2 Å². The lowest BCUT2D eigenvalue weighted by atomic mass is 10.2. The highest BCUT2D eigenvalue weighted by atomic mass is 35.5. The van der Waals surface area contributed by atoms with Crippen molar-refractivity contribution >= 4 is 17.5 Å². The normalized spacial score (nSPS) is 10.8. The second-order valence-electron chi connectivity index (χ2n) is 5.86. The van der Waals surface area contributed by atoms with Crippen molar-refractivity contribution in [2.24, 2.45) is 0 Å². The van der Waals surface area contributed by atoms with Crippen molar-refractivity contribution in [3.05, 3.63) is 70.5 Å². The third kappa shape index (κ3) is 4.49. The molecule has 1 aromatic heterocycles. The molecule has 0 spiro atoms. The van der Waals surface area contributed by atoms with Gasteiger partial charge in [0, 0.05) is 24.1 Å². The van der Waals surface area contributed by atoms with Crippen molar-refractivity contribution in [2.75, 3.05) is 0 Å². The largest absolute Gasteiger partial charge is 0.350 e. The molecule has 0 unspecified atom stereocenters. The van der Waals surface area contributed by atoms with Crippen LogP contribution in [0.15, 0.2) is 42.5 Å². The van der Waals surface area contributed by atoms with E-state index in [1.54, 1.807) is 24.3 Å². The molecule has 0 aliphatic rings. The lowest BCUT2D eigenvalue weighted by Gasteiger charge is -2.07. The maximum atomic E-state index is 13.7. The van der Waals surface area contributed by atoms with Crippen LogP contribution in [-0.2, 0) is 24.3 Å². The van der Waals surface area contributed by atoms with Gasteiger partial charge in [0.2, 0.25) is 5.91 Å². The first kappa shape index (κ1) is 19.0. The van der Waals surface area contributed by atoms with Crippen molar-refractivity contribution in [1.29, 1.82) is 0 Å². The zero-order chi connectivity index (χ0) is 19.4. The molecule has 0 aliphatic carbocycles. The Labute approximate surface area is 160 Å². The second kappa shape index (κ2) is 8.26. The van der Waals surface area contributed by atoms with E-state index in [-0.39, 0.29) is 29.8 Å². The lowest BCUT2D eigenvalue weighted by molar-refractivity contribution is -0.122. The standard InChI is InChI=1S/C19H17ClF2N4O/c1-2-17-24-19(12-7-8-14(20)16(22)9-12)25-26(17)11-18(27)23-10-13-5-3-4-6-15(13)21/h3-9H,2,10-11H2,1H3,(H,23,27). The fourth-order valence-corrected chi connectivity index (χ4v) is 2.67. The number of halogens is 3. The molecule has 0 radical (unpaired) electrons. The first-order valence-corrected chi connectivity index (χ1v) is 8.75. The Kier molecular flexibility index (Phi) is 5.81. The van der Waals surface area contributed by atoms with Gasteiger partial charge in [0.1, 0.15) is 24.0 Å². The molecule has 0 saturated heterocycles. The van der Waals surface area contributed by atoms with Crippen LogP contribution in [0.5, 0.6) is 0 Å². The highest BCUT2D eigenvalue weighted by molar-refractivity contribution is 6.30. The number of hydrogen-bond acceptors (Lipinski definition) is 3. The zero-order valence-corrected chi connectivity index (χ0v) is 15.3. The van der Waals surface area contributed by atoms with Gasteiger partial charge in [-0.25, -0.2) is 18.4 Å². The van der Waals surface area contributed by atoms with Crippen LogP contribution in [0.2, 0.25) is 5.02 Å².